The molecule has 0 aliphatic carbocycles. The number of likely N-dealkylation sites (N-methyl/N-ethyl adjacent to an activating group) is 2. The molecule has 1 aliphatic heterocycles. The van der Waals surface area contributed by atoms with Gasteiger partial charge in [0.15, 0.2) is 0 Å². The highest BCUT2D eigenvalue weighted by molar-refractivity contribution is 7.18. The van der Waals surface area contributed by atoms with Crippen molar-refractivity contribution in [2.75, 3.05) is 45.6 Å². The Hall–Kier alpha value is -1.24. The Morgan fingerprint density at radius 1 is 1.29 bits per heavy atom. The highest BCUT2D eigenvalue weighted by Crippen LogP contribution is 2.32. The summed E-state index contributed by atoms with van der Waals surface area (Å²) in [6, 6.07) is 0.522. The lowest BCUT2D eigenvalue weighted by atomic mass is 10.1. The summed E-state index contributed by atoms with van der Waals surface area (Å²) in [6.45, 7) is 8.59. The van der Waals surface area contributed by atoms with Crippen LogP contribution >= 0.6 is 11.3 Å². The first-order valence-corrected chi connectivity index (χ1v) is 8.21. The van der Waals surface area contributed by atoms with Crippen LogP contribution in [-0.4, -0.2) is 66.1 Å². The van der Waals surface area contributed by atoms with Crippen LogP contribution in [-0.2, 0) is 0 Å². The lowest BCUT2D eigenvalue weighted by molar-refractivity contribution is 0.122. The summed E-state index contributed by atoms with van der Waals surface area (Å²) >= 11 is 1.75. The molecule has 1 aliphatic rings. The van der Waals surface area contributed by atoms with Gasteiger partial charge < -0.3 is 10.2 Å². The van der Waals surface area contributed by atoms with Gasteiger partial charge in [-0.15, -0.1) is 11.3 Å². The molecular weight excluding hydrogens is 282 g/mol. The Kier molecular flexibility index (Phi) is 4.10. The second-order valence-corrected chi connectivity index (χ2v) is 7.17. The van der Waals surface area contributed by atoms with Crippen molar-refractivity contribution in [1.82, 2.24) is 19.8 Å². The number of aromatic nitrogens is 2. The fourth-order valence-corrected chi connectivity index (χ4v) is 3.85. The Balaban J connectivity index is 1.79. The van der Waals surface area contributed by atoms with Gasteiger partial charge in [0, 0.05) is 37.1 Å². The number of thiophene rings is 1. The third-order valence-electron chi connectivity index (χ3n) is 4.45. The first-order valence-electron chi connectivity index (χ1n) is 7.39. The molecule has 1 saturated heterocycles. The van der Waals surface area contributed by atoms with Crippen LogP contribution in [0.2, 0.25) is 0 Å². The first-order chi connectivity index (χ1) is 10.1. The van der Waals surface area contributed by atoms with Crippen molar-refractivity contribution in [1.29, 1.82) is 0 Å². The zero-order valence-corrected chi connectivity index (χ0v) is 14.0. The van der Waals surface area contributed by atoms with E-state index in [1.165, 1.54) is 15.8 Å². The average Bonchev–Trinajstić information content (AvgIpc) is 2.76. The summed E-state index contributed by atoms with van der Waals surface area (Å²) in [6.07, 6.45) is 1.66. The fraction of sp³-hybridized carbons (Fsp3) is 0.600. The molecule has 3 rings (SSSR count). The molecule has 3 heterocycles. The van der Waals surface area contributed by atoms with E-state index >= 15 is 0 Å². The topological polar surface area (TPSA) is 44.3 Å². The average molecular weight is 305 g/mol. The van der Waals surface area contributed by atoms with Crippen LogP contribution in [0.5, 0.6) is 0 Å². The van der Waals surface area contributed by atoms with Gasteiger partial charge in [-0.05, 0) is 33.5 Å². The number of piperazine rings is 1. The summed E-state index contributed by atoms with van der Waals surface area (Å²) in [7, 11) is 4.39. The summed E-state index contributed by atoms with van der Waals surface area (Å²) in [5.41, 5.74) is 1.30. The summed E-state index contributed by atoms with van der Waals surface area (Å²) in [5.74, 6) is 0.975. The number of rotatable bonds is 3. The minimum absolute atomic E-state index is 0.522. The van der Waals surface area contributed by atoms with E-state index in [9.17, 15) is 0 Å². The lowest BCUT2D eigenvalue weighted by Gasteiger charge is -2.37. The Morgan fingerprint density at radius 2 is 2.10 bits per heavy atom. The molecule has 6 heteroatoms. The smallest absolute Gasteiger partial charge is 0.138 e. The predicted molar refractivity (Wildman–Crippen MR) is 89.3 cm³/mol. The monoisotopic (exact) mass is 305 g/mol. The van der Waals surface area contributed by atoms with Crippen LogP contribution in [0.15, 0.2) is 6.33 Å². The number of nitrogens with zero attached hydrogens (tertiary/aromatic N) is 4. The molecule has 0 bridgehead atoms. The SMILES string of the molecule is Cc1sc2ncnc(NCC3CN(C)CCN3C)c2c1C. The molecule has 0 spiro atoms. The summed E-state index contributed by atoms with van der Waals surface area (Å²) < 4.78 is 0. The van der Waals surface area contributed by atoms with E-state index in [4.69, 9.17) is 0 Å². The highest BCUT2D eigenvalue weighted by atomic mass is 32.1. The number of hydrogen-bond acceptors (Lipinski definition) is 6. The van der Waals surface area contributed by atoms with Gasteiger partial charge in [-0.2, -0.15) is 0 Å². The maximum absolute atomic E-state index is 4.46. The molecule has 21 heavy (non-hydrogen) atoms. The molecule has 2 aromatic rings. The fourth-order valence-electron chi connectivity index (χ4n) is 2.85. The van der Waals surface area contributed by atoms with Crippen molar-refractivity contribution in [2.45, 2.75) is 19.9 Å². The molecule has 0 saturated carbocycles. The Bertz CT molecular complexity index is 638. The molecule has 0 aromatic carbocycles. The molecule has 0 amide bonds. The van der Waals surface area contributed by atoms with Crippen molar-refractivity contribution < 1.29 is 0 Å². The standard InChI is InChI=1S/C15H23N5S/c1-10-11(2)21-15-13(10)14(17-9-18-15)16-7-12-8-19(3)5-6-20(12)4/h9,12H,5-8H2,1-4H3,(H,16,17,18). The normalized spacial score (nSPS) is 21.0. The van der Waals surface area contributed by atoms with Crippen molar-refractivity contribution in [3.05, 3.63) is 16.8 Å². The van der Waals surface area contributed by atoms with E-state index in [2.05, 4.69) is 53.0 Å². The van der Waals surface area contributed by atoms with Crippen molar-refractivity contribution in [3.8, 4) is 0 Å². The number of fused-ring (bicyclic) bond motifs is 1. The van der Waals surface area contributed by atoms with Gasteiger partial charge in [0.25, 0.3) is 0 Å². The maximum atomic E-state index is 4.46. The number of aryl methyl sites for hydroxylation is 2. The Morgan fingerprint density at radius 3 is 2.90 bits per heavy atom. The lowest BCUT2D eigenvalue weighted by Crippen LogP contribution is -2.52. The van der Waals surface area contributed by atoms with Crippen LogP contribution < -0.4 is 5.32 Å². The minimum Gasteiger partial charge on any atom is -0.368 e. The van der Waals surface area contributed by atoms with Gasteiger partial charge in [0.2, 0.25) is 0 Å². The van der Waals surface area contributed by atoms with Gasteiger partial charge in [0.1, 0.15) is 17.0 Å². The second-order valence-electron chi connectivity index (χ2n) is 5.96. The number of hydrogen-bond donors (Lipinski definition) is 1. The van der Waals surface area contributed by atoms with Crippen LogP contribution in [0.1, 0.15) is 10.4 Å². The van der Waals surface area contributed by atoms with E-state index in [1.807, 2.05) is 0 Å². The van der Waals surface area contributed by atoms with Crippen LogP contribution in [0.3, 0.4) is 0 Å². The third-order valence-corrected chi connectivity index (χ3v) is 5.57. The molecule has 1 fully saturated rings. The molecule has 1 N–H and O–H groups in total. The number of nitrogens with one attached hydrogen (secondary N) is 1. The van der Waals surface area contributed by atoms with Gasteiger partial charge in [-0.1, -0.05) is 0 Å². The van der Waals surface area contributed by atoms with Crippen molar-refractivity contribution in [3.63, 3.8) is 0 Å². The largest absolute Gasteiger partial charge is 0.368 e. The summed E-state index contributed by atoms with van der Waals surface area (Å²) in [4.78, 5) is 16.1. The molecule has 0 radical (unpaired) electrons. The zero-order chi connectivity index (χ0) is 15.0. The van der Waals surface area contributed by atoms with Gasteiger partial charge >= 0.3 is 0 Å². The molecule has 1 unspecified atom stereocenters. The first kappa shape index (κ1) is 14.7. The Labute approximate surface area is 130 Å². The van der Waals surface area contributed by atoms with E-state index in [0.29, 0.717) is 6.04 Å². The van der Waals surface area contributed by atoms with Crippen molar-refractivity contribution in [2.24, 2.45) is 0 Å². The third kappa shape index (κ3) is 2.88. The second kappa shape index (κ2) is 5.87. The van der Waals surface area contributed by atoms with Crippen LogP contribution in [0.4, 0.5) is 5.82 Å². The molecule has 114 valence electrons. The van der Waals surface area contributed by atoms with Gasteiger partial charge in [-0.25, -0.2) is 9.97 Å². The van der Waals surface area contributed by atoms with Crippen LogP contribution in [0, 0.1) is 13.8 Å². The van der Waals surface area contributed by atoms with E-state index in [0.717, 1.165) is 36.8 Å². The predicted octanol–water partition coefficient (Wildman–Crippen LogP) is 1.97. The van der Waals surface area contributed by atoms with E-state index in [-0.39, 0.29) is 0 Å². The zero-order valence-electron chi connectivity index (χ0n) is 13.2. The van der Waals surface area contributed by atoms with E-state index in [1.54, 1.807) is 17.7 Å². The maximum Gasteiger partial charge on any atom is 0.138 e. The molecule has 1 atom stereocenters. The summed E-state index contributed by atoms with van der Waals surface area (Å²) in [5, 5.41) is 4.74. The quantitative estimate of drug-likeness (QED) is 0.939. The highest BCUT2D eigenvalue weighted by Gasteiger charge is 2.22. The van der Waals surface area contributed by atoms with Gasteiger partial charge in [0.05, 0.1) is 5.39 Å². The minimum atomic E-state index is 0.522. The van der Waals surface area contributed by atoms with E-state index < -0.39 is 0 Å². The molecule has 2 aromatic heterocycles. The van der Waals surface area contributed by atoms with Crippen LogP contribution in [0.25, 0.3) is 10.2 Å². The molecule has 5 nitrogen and oxygen atoms in total. The van der Waals surface area contributed by atoms with Gasteiger partial charge in [-0.3, -0.25) is 4.90 Å². The molecular formula is C15H23N5S. The number of anilines is 1. The van der Waals surface area contributed by atoms with Crippen molar-refractivity contribution >= 4 is 27.4 Å².